The van der Waals surface area contributed by atoms with Crippen molar-refractivity contribution >= 4 is 39.3 Å². The molecule has 26 heavy (non-hydrogen) atoms. The molecule has 5 nitrogen and oxygen atoms in total. The number of hydrogen-bond donors (Lipinski definition) is 2. The molecule has 0 amide bonds. The van der Waals surface area contributed by atoms with Crippen molar-refractivity contribution < 1.29 is 18.7 Å². The van der Waals surface area contributed by atoms with Gasteiger partial charge in [0.25, 0.3) is 0 Å². The summed E-state index contributed by atoms with van der Waals surface area (Å²) in [5, 5.41) is 12.6. The molecule has 0 aliphatic carbocycles. The Bertz CT molecular complexity index is 949. The molecule has 3 rings (SSSR count). The molecule has 0 saturated carbocycles. The van der Waals surface area contributed by atoms with Crippen LogP contribution in [0.1, 0.15) is 17.3 Å². The fourth-order valence-corrected chi connectivity index (χ4v) is 3.29. The van der Waals surface area contributed by atoms with Crippen molar-refractivity contribution in [3.63, 3.8) is 0 Å². The normalized spacial score (nSPS) is 16.9. The van der Waals surface area contributed by atoms with E-state index in [4.69, 9.17) is 11.6 Å². The van der Waals surface area contributed by atoms with Crippen molar-refractivity contribution in [2.45, 2.75) is 6.04 Å². The molecule has 1 aliphatic rings. The number of pyridine rings is 1. The van der Waals surface area contributed by atoms with Gasteiger partial charge in [-0.3, -0.25) is 4.99 Å². The Morgan fingerprint density at radius 2 is 2.12 bits per heavy atom. The molecule has 134 valence electrons. The first kappa shape index (κ1) is 18.5. The number of carboxylic acids is 1. The van der Waals surface area contributed by atoms with Crippen LogP contribution in [0, 0.1) is 11.6 Å². The first-order valence-corrected chi connectivity index (χ1v) is 8.85. The summed E-state index contributed by atoms with van der Waals surface area (Å²) >= 11 is 9.32. The molecule has 1 aromatic carbocycles. The number of nitrogens with one attached hydrogen (secondary N) is 1. The molecule has 0 radical (unpaired) electrons. The van der Waals surface area contributed by atoms with E-state index in [9.17, 15) is 18.7 Å². The van der Waals surface area contributed by atoms with Crippen molar-refractivity contribution in [1.29, 1.82) is 0 Å². The number of benzene rings is 1. The van der Waals surface area contributed by atoms with Gasteiger partial charge in [0, 0.05) is 27.8 Å². The second-order valence-corrected chi connectivity index (χ2v) is 6.30. The average Bonchev–Trinajstić information content (AvgIpc) is 2.61. The number of alkyl halides is 1. The SMILES string of the molecule is O=C(O)C1=C(CBr)NC(c2ncccc2F)=NC1c1ccc(F)cc1Cl. The number of aliphatic imine (C=N–C) groups is 1. The van der Waals surface area contributed by atoms with Crippen molar-refractivity contribution in [1.82, 2.24) is 10.3 Å². The van der Waals surface area contributed by atoms with Crippen LogP contribution in [-0.2, 0) is 4.79 Å². The van der Waals surface area contributed by atoms with E-state index in [1.807, 2.05) is 0 Å². The van der Waals surface area contributed by atoms with Crippen LogP contribution in [0.15, 0.2) is 52.8 Å². The lowest BCUT2D eigenvalue weighted by Crippen LogP contribution is -2.35. The second kappa shape index (κ2) is 7.51. The highest BCUT2D eigenvalue weighted by atomic mass is 79.9. The predicted octanol–water partition coefficient (Wildman–Crippen LogP) is 3.84. The van der Waals surface area contributed by atoms with Gasteiger partial charge in [0.05, 0.1) is 5.57 Å². The van der Waals surface area contributed by atoms with Crippen LogP contribution >= 0.6 is 27.5 Å². The Morgan fingerprint density at radius 1 is 1.35 bits per heavy atom. The molecule has 1 unspecified atom stereocenters. The largest absolute Gasteiger partial charge is 0.478 e. The van der Waals surface area contributed by atoms with Crippen LogP contribution in [0.3, 0.4) is 0 Å². The lowest BCUT2D eigenvalue weighted by molar-refractivity contribution is -0.133. The summed E-state index contributed by atoms with van der Waals surface area (Å²) in [7, 11) is 0. The minimum atomic E-state index is -1.22. The van der Waals surface area contributed by atoms with Crippen molar-refractivity contribution in [3.8, 4) is 0 Å². The van der Waals surface area contributed by atoms with Gasteiger partial charge in [-0.15, -0.1) is 0 Å². The van der Waals surface area contributed by atoms with Crippen molar-refractivity contribution in [2.24, 2.45) is 4.99 Å². The van der Waals surface area contributed by atoms with Crippen LogP contribution in [0.25, 0.3) is 0 Å². The fraction of sp³-hybridized carbons (Fsp3) is 0.118. The van der Waals surface area contributed by atoms with E-state index >= 15 is 0 Å². The predicted molar refractivity (Wildman–Crippen MR) is 96.5 cm³/mol. The Hall–Kier alpha value is -2.32. The van der Waals surface area contributed by atoms with Gasteiger partial charge >= 0.3 is 5.97 Å². The minimum Gasteiger partial charge on any atom is -0.478 e. The molecule has 2 N–H and O–H groups in total. The number of aliphatic carboxylic acids is 1. The average molecular weight is 443 g/mol. The number of nitrogens with zero attached hydrogens (tertiary/aromatic N) is 2. The van der Waals surface area contributed by atoms with Crippen molar-refractivity contribution in [3.05, 3.63) is 75.7 Å². The molecule has 2 heterocycles. The lowest BCUT2D eigenvalue weighted by atomic mass is 9.95. The summed E-state index contributed by atoms with van der Waals surface area (Å²) in [6.45, 7) is 0. The highest BCUT2D eigenvalue weighted by Gasteiger charge is 2.32. The molecule has 1 aliphatic heterocycles. The topological polar surface area (TPSA) is 74.6 Å². The number of carboxylic acid groups (broad SMARTS) is 1. The monoisotopic (exact) mass is 441 g/mol. The Kier molecular flexibility index (Phi) is 5.33. The zero-order valence-corrected chi connectivity index (χ0v) is 15.4. The number of hydrogen-bond acceptors (Lipinski definition) is 4. The maximum absolute atomic E-state index is 14.1. The summed E-state index contributed by atoms with van der Waals surface area (Å²) < 4.78 is 27.5. The smallest absolute Gasteiger partial charge is 0.335 e. The van der Waals surface area contributed by atoms with Crippen LogP contribution < -0.4 is 5.32 Å². The number of allylic oxidation sites excluding steroid dienone is 1. The number of rotatable bonds is 4. The van der Waals surface area contributed by atoms with Gasteiger partial charge in [-0.05, 0) is 24.3 Å². The molecular weight excluding hydrogens is 432 g/mol. The number of aromatic nitrogens is 1. The van der Waals surface area contributed by atoms with E-state index in [2.05, 4.69) is 31.2 Å². The van der Waals surface area contributed by atoms with Crippen LogP contribution in [0.2, 0.25) is 5.02 Å². The van der Waals surface area contributed by atoms with Gasteiger partial charge in [-0.1, -0.05) is 33.6 Å². The third-order valence-electron chi connectivity index (χ3n) is 3.73. The van der Waals surface area contributed by atoms with Gasteiger partial charge in [0.1, 0.15) is 17.6 Å². The van der Waals surface area contributed by atoms with E-state index in [0.29, 0.717) is 5.56 Å². The van der Waals surface area contributed by atoms with E-state index in [0.717, 1.165) is 12.1 Å². The summed E-state index contributed by atoms with van der Waals surface area (Å²) in [6, 6.07) is 5.19. The number of amidine groups is 1. The summed E-state index contributed by atoms with van der Waals surface area (Å²) in [5.74, 6) is -2.33. The quantitative estimate of drug-likeness (QED) is 0.706. The molecule has 0 bridgehead atoms. The zero-order chi connectivity index (χ0) is 18.8. The van der Waals surface area contributed by atoms with E-state index in [1.165, 1.54) is 24.4 Å². The molecule has 0 fully saturated rings. The van der Waals surface area contributed by atoms with Crippen molar-refractivity contribution in [2.75, 3.05) is 5.33 Å². The van der Waals surface area contributed by atoms with Crippen LogP contribution in [-0.4, -0.2) is 27.2 Å². The zero-order valence-electron chi connectivity index (χ0n) is 13.0. The molecule has 1 atom stereocenters. The Labute approximate surface area is 160 Å². The molecule has 0 saturated heterocycles. The van der Waals surface area contributed by atoms with E-state index in [1.54, 1.807) is 0 Å². The van der Waals surface area contributed by atoms with E-state index < -0.39 is 23.6 Å². The first-order chi connectivity index (χ1) is 12.4. The first-order valence-electron chi connectivity index (χ1n) is 7.35. The lowest BCUT2D eigenvalue weighted by Gasteiger charge is -2.26. The van der Waals surface area contributed by atoms with Gasteiger partial charge in [-0.2, -0.15) is 0 Å². The van der Waals surface area contributed by atoms with E-state index in [-0.39, 0.29) is 33.2 Å². The Balaban J connectivity index is 2.20. The van der Waals surface area contributed by atoms with Gasteiger partial charge in [0.15, 0.2) is 11.7 Å². The number of halogens is 4. The van der Waals surface area contributed by atoms with Gasteiger partial charge in [0.2, 0.25) is 0 Å². The molecule has 0 spiro atoms. The second-order valence-electron chi connectivity index (χ2n) is 5.34. The van der Waals surface area contributed by atoms with Crippen LogP contribution in [0.4, 0.5) is 8.78 Å². The minimum absolute atomic E-state index is 0.0224. The standard InChI is InChI=1S/C17H11BrClF2N3O2/c18-7-12-13(17(25)26)14(9-4-3-8(20)6-10(9)19)24-16(23-12)15-11(21)2-1-5-22-15/h1-6,14H,7H2,(H,23,24)(H,25,26). The van der Waals surface area contributed by atoms with Crippen LogP contribution in [0.5, 0.6) is 0 Å². The summed E-state index contributed by atoms with van der Waals surface area (Å²) in [6.07, 6.45) is 1.40. The molecule has 2 aromatic rings. The maximum Gasteiger partial charge on any atom is 0.335 e. The Morgan fingerprint density at radius 3 is 2.73 bits per heavy atom. The molecule has 9 heteroatoms. The highest BCUT2D eigenvalue weighted by molar-refractivity contribution is 9.09. The summed E-state index contributed by atoms with van der Waals surface area (Å²) in [5.41, 5.74) is 0.436. The highest BCUT2D eigenvalue weighted by Crippen LogP contribution is 2.36. The van der Waals surface area contributed by atoms with Gasteiger partial charge in [-0.25, -0.2) is 18.6 Å². The number of carbonyl (C=O) groups is 1. The molecular formula is C17H11BrClF2N3O2. The third kappa shape index (κ3) is 3.47. The maximum atomic E-state index is 14.1. The third-order valence-corrected chi connectivity index (χ3v) is 4.62. The summed E-state index contributed by atoms with van der Waals surface area (Å²) in [4.78, 5) is 20.1. The molecule has 1 aromatic heterocycles. The fourth-order valence-electron chi connectivity index (χ4n) is 2.58. The van der Waals surface area contributed by atoms with Gasteiger partial charge < -0.3 is 10.4 Å².